The normalized spacial score (nSPS) is 18.4. The number of rotatable bonds is 6. The van der Waals surface area contributed by atoms with Gasteiger partial charge in [-0.1, -0.05) is 12.8 Å². The highest BCUT2D eigenvalue weighted by molar-refractivity contribution is 7.11. The van der Waals surface area contributed by atoms with Crippen LogP contribution >= 0.6 is 11.3 Å². The van der Waals surface area contributed by atoms with Crippen molar-refractivity contribution >= 4 is 11.3 Å². The number of nitrogens with zero attached hydrogens (tertiary/aromatic N) is 1. The third-order valence-electron chi connectivity index (χ3n) is 3.54. The predicted octanol–water partition coefficient (Wildman–Crippen LogP) is 3.37. The average molecular weight is 268 g/mol. The topological polar surface area (TPSA) is 34.2 Å². The molecule has 1 N–H and O–H groups in total. The zero-order valence-electron chi connectivity index (χ0n) is 11.7. The summed E-state index contributed by atoms with van der Waals surface area (Å²) in [6.45, 7) is 8.11. The van der Waals surface area contributed by atoms with E-state index in [0.717, 1.165) is 23.9 Å². The maximum atomic E-state index is 5.85. The van der Waals surface area contributed by atoms with Crippen LogP contribution in [-0.4, -0.2) is 24.2 Å². The van der Waals surface area contributed by atoms with Crippen LogP contribution in [0.15, 0.2) is 0 Å². The van der Waals surface area contributed by atoms with Gasteiger partial charge in [0.15, 0.2) is 0 Å². The first kappa shape index (κ1) is 14.0. The minimum Gasteiger partial charge on any atom is -0.377 e. The number of aromatic nitrogens is 1. The molecule has 1 heterocycles. The van der Waals surface area contributed by atoms with E-state index >= 15 is 0 Å². The van der Waals surface area contributed by atoms with Crippen molar-refractivity contribution in [3.05, 3.63) is 15.6 Å². The van der Waals surface area contributed by atoms with Gasteiger partial charge >= 0.3 is 0 Å². The molecule has 3 nitrogen and oxygen atoms in total. The second kappa shape index (κ2) is 6.64. The highest BCUT2D eigenvalue weighted by Crippen LogP contribution is 2.24. The fourth-order valence-electron chi connectivity index (χ4n) is 2.60. The summed E-state index contributed by atoms with van der Waals surface area (Å²) in [6, 6.07) is 0.378. The smallest absolute Gasteiger partial charge is 0.0900 e. The lowest BCUT2D eigenvalue weighted by Gasteiger charge is -2.15. The lowest BCUT2D eigenvalue weighted by Crippen LogP contribution is -2.24. The summed E-state index contributed by atoms with van der Waals surface area (Å²) in [5.41, 5.74) is 1.16. The van der Waals surface area contributed by atoms with Gasteiger partial charge < -0.3 is 10.1 Å². The number of aryl methyl sites for hydroxylation is 2. The Hall–Kier alpha value is -0.450. The zero-order chi connectivity index (χ0) is 13.0. The van der Waals surface area contributed by atoms with Gasteiger partial charge in [0.05, 0.1) is 23.4 Å². The highest BCUT2D eigenvalue weighted by atomic mass is 32.1. The van der Waals surface area contributed by atoms with E-state index in [1.165, 1.54) is 30.6 Å². The molecular formula is C14H24N2OS. The first-order chi connectivity index (χ1) is 8.66. The van der Waals surface area contributed by atoms with Crippen molar-refractivity contribution in [3.8, 4) is 0 Å². The molecule has 1 fully saturated rings. The Morgan fingerprint density at radius 3 is 2.72 bits per heavy atom. The fourth-order valence-corrected chi connectivity index (χ4v) is 3.55. The van der Waals surface area contributed by atoms with Gasteiger partial charge in [0.25, 0.3) is 0 Å². The number of ether oxygens (including phenoxy) is 1. The minimum atomic E-state index is 0.378. The third-order valence-corrected chi connectivity index (χ3v) is 4.80. The Balaban J connectivity index is 1.68. The molecule has 2 rings (SSSR count). The van der Waals surface area contributed by atoms with Gasteiger partial charge in [0, 0.05) is 17.5 Å². The maximum absolute atomic E-state index is 5.85. The molecule has 1 saturated carbocycles. The molecule has 1 aromatic heterocycles. The van der Waals surface area contributed by atoms with Crippen molar-refractivity contribution in [2.45, 2.75) is 58.6 Å². The van der Waals surface area contributed by atoms with Gasteiger partial charge in [-0.05, 0) is 33.6 Å². The summed E-state index contributed by atoms with van der Waals surface area (Å²) in [5.74, 6) is 0. The molecule has 0 bridgehead atoms. The molecule has 18 heavy (non-hydrogen) atoms. The quantitative estimate of drug-likeness (QED) is 0.803. The van der Waals surface area contributed by atoms with Gasteiger partial charge in [-0.15, -0.1) is 11.3 Å². The van der Waals surface area contributed by atoms with Gasteiger partial charge in [0.2, 0.25) is 0 Å². The van der Waals surface area contributed by atoms with E-state index in [1.54, 1.807) is 11.3 Å². The largest absolute Gasteiger partial charge is 0.377 e. The van der Waals surface area contributed by atoms with Crippen molar-refractivity contribution in [2.24, 2.45) is 0 Å². The van der Waals surface area contributed by atoms with Crippen molar-refractivity contribution in [1.29, 1.82) is 0 Å². The van der Waals surface area contributed by atoms with Crippen LogP contribution in [0.1, 0.15) is 54.2 Å². The first-order valence-electron chi connectivity index (χ1n) is 6.95. The van der Waals surface area contributed by atoms with Crippen LogP contribution in [0.4, 0.5) is 0 Å². The van der Waals surface area contributed by atoms with Crippen LogP contribution in [0, 0.1) is 13.8 Å². The Morgan fingerprint density at radius 1 is 1.39 bits per heavy atom. The predicted molar refractivity (Wildman–Crippen MR) is 76.2 cm³/mol. The SMILES string of the molecule is Cc1nc(C)c(C(C)NCCOC2CCCC2)s1. The summed E-state index contributed by atoms with van der Waals surface area (Å²) in [7, 11) is 0. The summed E-state index contributed by atoms with van der Waals surface area (Å²) in [4.78, 5) is 5.83. The van der Waals surface area contributed by atoms with Crippen LogP contribution in [0.3, 0.4) is 0 Å². The summed E-state index contributed by atoms with van der Waals surface area (Å²) in [6.07, 6.45) is 5.71. The fraction of sp³-hybridized carbons (Fsp3) is 0.786. The monoisotopic (exact) mass is 268 g/mol. The Bertz CT molecular complexity index is 372. The molecule has 0 saturated heterocycles. The summed E-state index contributed by atoms with van der Waals surface area (Å²) in [5, 5.41) is 4.67. The molecule has 1 aliphatic carbocycles. The van der Waals surface area contributed by atoms with Crippen molar-refractivity contribution in [2.75, 3.05) is 13.2 Å². The van der Waals surface area contributed by atoms with E-state index < -0.39 is 0 Å². The van der Waals surface area contributed by atoms with Crippen LogP contribution in [-0.2, 0) is 4.74 Å². The molecule has 1 aliphatic rings. The van der Waals surface area contributed by atoms with Crippen LogP contribution in [0.25, 0.3) is 0 Å². The molecule has 1 unspecified atom stereocenters. The molecule has 0 spiro atoms. The van der Waals surface area contributed by atoms with Gasteiger partial charge in [-0.25, -0.2) is 4.98 Å². The maximum Gasteiger partial charge on any atom is 0.0900 e. The number of nitrogens with one attached hydrogen (secondary N) is 1. The first-order valence-corrected chi connectivity index (χ1v) is 7.77. The second-order valence-electron chi connectivity index (χ2n) is 5.14. The van der Waals surface area contributed by atoms with Crippen molar-refractivity contribution in [1.82, 2.24) is 10.3 Å². The molecule has 0 aliphatic heterocycles. The van der Waals surface area contributed by atoms with E-state index in [-0.39, 0.29) is 0 Å². The minimum absolute atomic E-state index is 0.378. The van der Waals surface area contributed by atoms with E-state index in [9.17, 15) is 0 Å². The second-order valence-corrected chi connectivity index (χ2v) is 6.37. The lowest BCUT2D eigenvalue weighted by atomic mass is 10.2. The number of hydrogen-bond donors (Lipinski definition) is 1. The van der Waals surface area contributed by atoms with Gasteiger partial charge in [-0.2, -0.15) is 0 Å². The third kappa shape index (κ3) is 3.77. The summed E-state index contributed by atoms with van der Waals surface area (Å²) < 4.78 is 5.85. The molecule has 1 atom stereocenters. The van der Waals surface area contributed by atoms with Crippen LogP contribution in [0.5, 0.6) is 0 Å². The molecule has 102 valence electrons. The highest BCUT2D eigenvalue weighted by Gasteiger charge is 2.15. The van der Waals surface area contributed by atoms with E-state index in [0.29, 0.717) is 12.1 Å². The molecule has 1 aromatic rings. The van der Waals surface area contributed by atoms with Crippen LogP contribution in [0.2, 0.25) is 0 Å². The van der Waals surface area contributed by atoms with E-state index in [4.69, 9.17) is 4.74 Å². The van der Waals surface area contributed by atoms with E-state index in [1.807, 2.05) is 0 Å². The molecule has 0 aromatic carbocycles. The van der Waals surface area contributed by atoms with E-state index in [2.05, 4.69) is 31.1 Å². The van der Waals surface area contributed by atoms with Crippen LogP contribution < -0.4 is 5.32 Å². The molecule has 0 amide bonds. The van der Waals surface area contributed by atoms with Gasteiger partial charge in [-0.3, -0.25) is 0 Å². The van der Waals surface area contributed by atoms with Crippen molar-refractivity contribution in [3.63, 3.8) is 0 Å². The Morgan fingerprint density at radius 2 is 2.11 bits per heavy atom. The number of hydrogen-bond acceptors (Lipinski definition) is 4. The summed E-state index contributed by atoms with van der Waals surface area (Å²) >= 11 is 1.79. The average Bonchev–Trinajstić information content (AvgIpc) is 2.94. The Labute approximate surface area is 114 Å². The lowest BCUT2D eigenvalue weighted by molar-refractivity contribution is 0.0594. The molecular weight excluding hydrogens is 244 g/mol. The zero-order valence-corrected chi connectivity index (χ0v) is 12.5. The molecule has 0 radical (unpaired) electrons. The molecule has 4 heteroatoms. The standard InChI is InChI=1S/C14H24N2OS/c1-10(14-11(2)16-12(3)18-14)15-8-9-17-13-6-4-5-7-13/h10,13,15H,4-9H2,1-3H3. The van der Waals surface area contributed by atoms with Crippen molar-refractivity contribution < 1.29 is 4.74 Å². The van der Waals surface area contributed by atoms with Gasteiger partial charge in [0.1, 0.15) is 0 Å². The number of thiazole rings is 1. The Kier molecular flexibility index (Phi) is 5.15.